The number of benzene rings is 1. The Balaban J connectivity index is 1.55. The van der Waals surface area contributed by atoms with Crippen molar-refractivity contribution in [3.8, 4) is 11.4 Å². The molecule has 1 aromatic carbocycles. The number of amides is 1. The fourth-order valence-electron chi connectivity index (χ4n) is 2.16. The molecule has 7 heteroatoms. The van der Waals surface area contributed by atoms with E-state index in [9.17, 15) is 4.79 Å². The number of hydrogen-bond acceptors (Lipinski definition) is 5. The Morgan fingerprint density at radius 1 is 1.45 bits per heavy atom. The molecule has 1 N–H and O–H groups in total. The second-order valence-electron chi connectivity index (χ2n) is 5.64. The van der Waals surface area contributed by atoms with Crippen molar-refractivity contribution in [1.29, 1.82) is 0 Å². The lowest BCUT2D eigenvalue weighted by molar-refractivity contribution is -0.127. The molecule has 1 fully saturated rings. The molecule has 0 bridgehead atoms. The number of aromatic amines is 1. The number of nitrogens with one attached hydrogen (secondary N) is 1. The number of tetrazole rings is 1. The number of aromatic nitrogens is 4. The molecular formula is C15H19N5OS. The fourth-order valence-corrected chi connectivity index (χ4v) is 3.34. The zero-order chi connectivity index (χ0) is 15.4. The Labute approximate surface area is 133 Å². The third-order valence-corrected chi connectivity index (χ3v) is 4.81. The summed E-state index contributed by atoms with van der Waals surface area (Å²) in [7, 11) is 1.85. The molecule has 0 spiro atoms. The molecule has 1 aliphatic carbocycles. The van der Waals surface area contributed by atoms with Gasteiger partial charge in [-0.15, -0.1) is 10.2 Å². The molecule has 1 amide bonds. The van der Waals surface area contributed by atoms with Gasteiger partial charge in [-0.2, -0.15) is 17.0 Å². The van der Waals surface area contributed by atoms with Crippen molar-refractivity contribution in [2.45, 2.75) is 19.4 Å². The number of rotatable bonds is 7. The normalized spacial score (nSPS) is 14.0. The first-order chi connectivity index (χ1) is 10.7. The zero-order valence-electron chi connectivity index (χ0n) is 12.5. The van der Waals surface area contributed by atoms with Crippen LogP contribution in [0.5, 0.6) is 0 Å². The molecule has 1 aliphatic rings. The highest BCUT2D eigenvalue weighted by atomic mass is 32.2. The van der Waals surface area contributed by atoms with Crippen molar-refractivity contribution in [2.75, 3.05) is 18.6 Å². The van der Waals surface area contributed by atoms with Gasteiger partial charge in [-0.3, -0.25) is 4.79 Å². The van der Waals surface area contributed by atoms with Crippen molar-refractivity contribution in [2.24, 2.45) is 5.92 Å². The summed E-state index contributed by atoms with van der Waals surface area (Å²) in [5.41, 5.74) is 1.96. The Hall–Kier alpha value is -1.89. The summed E-state index contributed by atoms with van der Waals surface area (Å²) in [6.45, 7) is 0.592. The van der Waals surface area contributed by atoms with Gasteiger partial charge >= 0.3 is 0 Å². The Bertz CT molecular complexity index is 627. The second kappa shape index (κ2) is 6.91. The summed E-state index contributed by atoms with van der Waals surface area (Å²) < 4.78 is 0. The van der Waals surface area contributed by atoms with E-state index in [0.717, 1.165) is 22.8 Å². The van der Waals surface area contributed by atoms with E-state index >= 15 is 0 Å². The first kappa shape index (κ1) is 15.0. The van der Waals surface area contributed by atoms with Crippen LogP contribution in [-0.4, -0.2) is 50.0 Å². The van der Waals surface area contributed by atoms with Crippen LogP contribution in [0, 0.1) is 5.92 Å². The molecule has 1 heterocycles. The Morgan fingerprint density at radius 3 is 3.05 bits per heavy atom. The van der Waals surface area contributed by atoms with E-state index in [1.807, 2.05) is 31.3 Å². The molecule has 0 aliphatic heterocycles. The van der Waals surface area contributed by atoms with Crippen LogP contribution in [0.4, 0.5) is 0 Å². The van der Waals surface area contributed by atoms with Gasteiger partial charge in [0.05, 0.1) is 5.75 Å². The van der Waals surface area contributed by atoms with Gasteiger partial charge in [0, 0.05) is 19.2 Å². The SMILES string of the molecule is CN(Cc1cccc(-c2nn[nH]n2)c1)C(=O)CSCC1CC1. The van der Waals surface area contributed by atoms with Crippen LogP contribution in [0.1, 0.15) is 18.4 Å². The Kier molecular flexibility index (Phi) is 4.72. The molecule has 1 saturated carbocycles. The number of hydrogen-bond donors (Lipinski definition) is 1. The minimum Gasteiger partial charge on any atom is -0.341 e. The van der Waals surface area contributed by atoms with E-state index in [-0.39, 0.29) is 5.91 Å². The maximum absolute atomic E-state index is 12.1. The quantitative estimate of drug-likeness (QED) is 0.845. The molecule has 116 valence electrons. The predicted octanol–water partition coefficient (Wildman–Crippen LogP) is 1.97. The van der Waals surface area contributed by atoms with Crippen LogP contribution in [0.25, 0.3) is 11.4 Å². The third kappa shape index (κ3) is 4.07. The monoisotopic (exact) mass is 317 g/mol. The number of carbonyl (C=O) groups excluding carboxylic acids is 1. The number of H-pyrrole nitrogens is 1. The van der Waals surface area contributed by atoms with Crippen LogP contribution in [0.2, 0.25) is 0 Å². The first-order valence-corrected chi connectivity index (χ1v) is 8.52. The molecule has 22 heavy (non-hydrogen) atoms. The van der Waals surface area contributed by atoms with Crippen LogP contribution in [-0.2, 0) is 11.3 Å². The molecule has 3 rings (SSSR count). The van der Waals surface area contributed by atoms with Crippen molar-refractivity contribution < 1.29 is 4.79 Å². The largest absolute Gasteiger partial charge is 0.341 e. The van der Waals surface area contributed by atoms with Crippen molar-refractivity contribution in [3.05, 3.63) is 29.8 Å². The molecule has 2 aromatic rings. The van der Waals surface area contributed by atoms with E-state index in [1.54, 1.807) is 16.7 Å². The molecule has 1 aromatic heterocycles. The highest BCUT2D eigenvalue weighted by Crippen LogP contribution is 2.32. The van der Waals surface area contributed by atoms with Gasteiger partial charge in [0.25, 0.3) is 0 Å². The average molecular weight is 317 g/mol. The third-order valence-electron chi connectivity index (χ3n) is 3.65. The van der Waals surface area contributed by atoms with Gasteiger partial charge in [0.2, 0.25) is 11.7 Å². The smallest absolute Gasteiger partial charge is 0.232 e. The van der Waals surface area contributed by atoms with E-state index in [4.69, 9.17) is 0 Å². The fraction of sp³-hybridized carbons (Fsp3) is 0.467. The van der Waals surface area contributed by atoms with Crippen LogP contribution in [0.15, 0.2) is 24.3 Å². The summed E-state index contributed by atoms with van der Waals surface area (Å²) >= 11 is 1.75. The van der Waals surface area contributed by atoms with Gasteiger partial charge < -0.3 is 4.90 Å². The summed E-state index contributed by atoms with van der Waals surface area (Å²) in [5.74, 6) is 3.28. The minimum atomic E-state index is 0.176. The van der Waals surface area contributed by atoms with Gasteiger partial charge in [-0.1, -0.05) is 18.2 Å². The second-order valence-corrected chi connectivity index (χ2v) is 6.67. The van der Waals surface area contributed by atoms with Crippen LogP contribution in [0.3, 0.4) is 0 Å². The molecule has 6 nitrogen and oxygen atoms in total. The highest BCUT2D eigenvalue weighted by molar-refractivity contribution is 7.99. The first-order valence-electron chi connectivity index (χ1n) is 7.37. The maximum atomic E-state index is 12.1. The van der Waals surface area contributed by atoms with E-state index < -0.39 is 0 Å². The highest BCUT2D eigenvalue weighted by Gasteiger charge is 2.21. The van der Waals surface area contributed by atoms with Gasteiger partial charge in [-0.25, -0.2) is 0 Å². The lowest BCUT2D eigenvalue weighted by atomic mass is 10.1. The van der Waals surface area contributed by atoms with Gasteiger partial charge in [0.15, 0.2) is 0 Å². The average Bonchev–Trinajstić information content (AvgIpc) is 3.18. The standard InChI is InChI=1S/C15H19N5OS/c1-20(14(21)10-22-9-11-5-6-11)8-12-3-2-4-13(7-12)15-16-18-19-17-15/h2-4,7,11H,5-6,8-10H2,1H3,(H,16,17,18,19). The molecule has 0 saturated heterocycles. The number of carbonyl (C=O) groups is 1. The van der Waals surface area contributed by atoms with E-state index in [0.29, 0.717) is 18.1 Å². The summed E-state index contributed by atoms with van der Waals surface area (Å²) in [5, 5.41) is 14.0. The van der Waals surface area contributed by atoms with Crippen molar-refractivity contribution in [3.63, 3.8) is 0 Å². The summed E-state index contributed by atoms with van der Waals surface area (Å²) in [6.07, 6.45) is 2.67. The maximum Gasteiger partial charge on any atom is 0.232 e. The van der Waals surface area contributed by atoms with E-state index in [2.05, 4.69) is 20.6 Å². The van der Waals surface area contributed by atoms with Crippen molar-refractivity contribution in [1.82, 2.24) is 25.5 Å². The van der Waals surface area contributed by atoms with Gasteiger partial charge in [-0.05, 0) is 41.4 Å². The summed E-state index contributed by atoms with van der Waals surface area (Å²) in [6, 6.07) is 7.87. The molecular weight excluding hydrogens is 298 g/mol. The number of thioether (sulfide) groups is 1. The Morgan fingerprint density at radius 2 is 2.32 bits per heavy atom. The van der Waals surface area contributed by atoms with Gasteiger partial charge in [0.1, 0.15) is 0 Å². The van der Waals surface area contributed by atoms with Crippen LogP contribution >= 0.6 is 11.8 Å². The lowest BCUT2D eigenvalue weighted by Crippen LogP contribution is -2.28. The van der Waals surface area contributed by atoms with Crippen molar-refractivity contribution >= 4 is 17.7 Å². The predicted molar refractivity (Wildman–Crippen MR) is 86.1 cm³/mol. The zero-order valence-corrected chi connectivity index (χ0v) is 13.3. The lowest BCUT2D eigenvalue weighted by Gasteiger charge is -2.17. The molecule has 0 radical (unpaired) electrons. The van der Waals surface area contributed by atoms with Crippen LogP contribution < -0.4 is 0 Å². The number of nitrogens with zero attached hydrogens (tertiary/aromatic N) is 4. The van der Waals surface area contributed by atoms with E-state index in [1.165, 1.54) is 12.8 Å². The topological polar surface area (TPSA) is 74.8 Å². The molecule has 0 unspecified atom stereocenters. The minimum absolute atomic E-state index is 0.176. The summed E-state index contributed by atoms with van der Waals surface area (Å²) in [4.78, 5) is 13.9. The molecule has 0 atom stereocenters.